The topological polar surface area (TPSA) is 71.0 Å². The van der Waals surface area contributed by atoms with Crippen molar-refractivity contribution in [3.63, 3.8) is 0 Å². The van der Waals surface area contributed by atoms with Gasteiger partial charge in [0.25, 0.3) is 0 Å². The Morgan fingerprint density at radius 3 is 2.72 bits per heavy atom. The van der Waals surface area contributed by atoms with Gasteiger partial charge in [-0.25, -0.2) is 8.42 Å². The first-order chi connectivity index (χ1) is 12.1. The van der Waals surface area contributed by atoms with E-state index in [-0.39, 0.29) is 4.90 Å². The van der Waals surface area contributed by atoms with Crippen LogP contribution in [0.25, 0.3) is 0 Å². The van der Waals surface area contributed by atoms with E-state index in [1.165, 1.54) is 0 Å². The van der Waals surface area contributed by atoms with Gasteiger partial charge in [-0.05, 0) is 30.3 Å². The van der Waals surface area contributed by atoms with E-state index in [4.69, 9.17) is 4.74 Å². The van der Waals surface area contributed by atoms with E-state index >= 15 is 0 Å². The van der Waals surface area contributed by atoms with Crippen LogP contribution in [0.5, 0.6) is 5.75 Å². The zero-order valence-corrected chi connectivity index (χ0v) is 14.5. The molecule has 130 valence electrons. The molecular weight excluding hydrogens is 338 g/mol. The van der Waals surface area contributed by atoms with Crippen molar-refractivity contribution in [2.45, 2.75) is 9.79 Å². The standard InChI is InChI=1S/C18H19N3O3S/c22-25(23,14-4-2-1-3-5-14)15-6-7-17-16(12-15)21(10-11-24-17)13-18-19-8-9-20-18/h1-7,12H,8-11,13H2,(H,19,20). The lowest BCUT2D eigenvalue weighted by Crippen LogP contribution is -2.40. The Morgan fingerprint density at radius 1 is 1.12 bits per heavy atom. The summed E-state index contributed by atoms with van der Waals surface area (Å²) in [6.07, 6.45) is 0. The number of amidine groups is 1. The van der Waals surface area contributed by atoms with Crippen molar-refractivity contribution in [3.8, 4) is 5.75 Å². The number of ether oxygens (including phenoxy) is 1. The number of aliphatic imine (C=N–C) groups is 1. The minimum absolute atomic E-state index is 0.272. The van der Waals surface area contributed by atoms with Gasteiger partial charge < -0.3 is 15.0 Å². The number of sulfone groups is 1. The van der Waals surface area contributed by atoms with Gasteiger partial charge in [-0.2, -0.15) is 0 Å². The average Bonchev–Trinajstić information content (AvgIpc) is 3.15. The molecule has 0 amide bonds. The normalized spacial score (nSPS) is 16.6. The summed E-state index contributed by atoms with van der Waals surface area (Å²) in [5.41, 5.74) is 0.791. The van der Waals surface area contributed by atoms with Crippen LogP contribution in [0.1, 0.15) is 0 Å². The van der Waals surface area contributed by atoms with E-state index in [1.807, 2.05) is 0 Å². The van der Waals surface area contributed by atoms with Crippen molar-refractivity contribution in [3.05, 3.63) is 48.5 Å². The average molecular weight is 357 g/mol. The molecular formula is C18H19N3O3S. The lowest BCUT2D eigenvalue weighted by molar-refractivity contribution is 0.309. The Hall–Kier alpha value is -2.54. The van der Waals surface area contributed by atoms with E-state index in [2.05, 4.69) is 15.2 Å². The number of anilines is 1. The van der Waals surface area contributed by atoms with Crippen LogP contribution in [0.2, 0.25) is 0 Å². The summed E-state index contributed by atoms with van der Waals surface area (Å²) in [6, 6.07) is 13.5. The molecule has 7 heteroatoms. The van der Waals surface area contributed by atoms with Gasteiger partial charge in [0.1, 0.15) is 18.2 Å². The Labute approximate surface area is 147 Å². The fourth-order valence-corrected chi connectivity index (χ4v) is 4.35. The predicted octanol–water partition coefficient (Wildman–Crippen LogP) is 1.72. The molecule has 2 aliphatic heterocycles. The zero-order chi connectivity index (χ0) is 17.3. The van der Waals surface area contributed by atoms with Crippen LogP contribution in [-0.2, 0) is 9.84 Å². The molecule has 0 saturated carbocycles. The third-order valence-electron chi connectivity index (χ3n) is 4.34. The van der Waals surface area contributed by atoms with Crippen LogP contribution in [0.4, 0.5) is 5.69 Å². The second-order valence-corrected chi connectivity index (χ2v) is 7.92. The van der Waals surface area contributed by atoms with Gasteiger partial charge in [0.2, 0.25) is 9.84 Å². The largest absolute Gasteiger partial charge is 0.490 e. The van der Waals surface area contributed by atoms with Crippen LogP contribution in [0, 0.1) is 0 Å². The van der Waals surface area contributed by atoms with Gasteiger partial charge in [-0.1, -0.05) is 18.2 Å². The first kappa shape index (κ1) is 16.0. The van der Waals surface area contributed by atoms with Gasteiger partial charge in [-0.15, -0.1) is 0 Å². The molecule has 0 bridgehead atoms. The van der Waals surface area contributed by atoms with E-state index in [0.29, 0.717) is 30.3 Å². The second kappa shape index (κ2) is 6.40. The fraction of sp³-hybridized carbons (Fsp3) is 0.278. The van der Waals surface area contributed by atoms with E-state index < -0.39 is 9.84 Å². The van der Waals surface area contributed by atoms with Gasteiger partial charge in [0, 0.05) is 6.54 Å². The molecule has 0 atom stereocenters. The number of fused-ring (bicyclic) bond motifs is 1. The highest BCUT2D eigenvalue weighted by Gasteiger charge is 2.24. The van der Waals surface area contributed by atoms with Crippen molar-refractivity contribution in [1.82, 2.24) is 5.32 Å². The van der Waals surface area contributed by atoms with Gasteiger partial charge in [0.05, 0.1) is 35.1 Å². The van der Waals surface area contributed by atoms with Crippen LogP contribution < -0.4 is 15.0 Å². The number of rotatable bonds is 4. The molecule has 6 nitrogen and oxygen atoms in total. The molecule has 4 rings (SSSR count). The van der Waals surface area contributed by atoms with Crippen molar-refractivity contribution in [1.29, 1.82) is 0 Å². The smallest absolute Gasteiger partial charge is 0.206 e. The Balaban J connectivity index is 1.70. The Morgan fingerprint density at radius 2 is 1.96 bits per heavy atom. The quantitative estimate of drug-likeness (QED) is 0.902. The molecule has 2 aromatic rings. The summed E-state index contributed by atoms with van der Waals surface area (Å²) in [5, 5.41) is 3.25. The number of hydrogen-bond donors (Lipinski definition) is 1. The molecule has 0 unspecified atom stereocenters. The summed E-state index contributed by atoms with van der Waals surface area (Å²) in [7, 11) is -3.55. The zero-order valence-electron chi connectivity index (χ0n) is 13.7. The minimum atomic E-state index is -3.55. The number of nitrogens with one attached hydrogen (secondary N) is 1. The SMILES string of the molecule is O=S(=O)(c1ccccc1)c1ccc2c(c1)N(CC1=NCCN1)CCO2. The summed E-state index contributed by atoms with van der Waals surface area (Å²) < 4.78 is 31.4. The molecule has 0 fully saturated rings. The van der Waals surface area contributed by atoms with Gasteiger partial charge >= 0.3 is 0 Å². The Bertz CT molecular complexity index is 910. The third kappa shape index (κ3) is 3.07. The molecule has 0 aliphatic carbocycles. The minimum Gasteiger partial charge on any atom is -0.490 e. The molecule has 0 spiro atoms. The van der Waals surface area contributed by atoms with E-state index in [9.17, 15) is 8.42 Å². The predicted molar refractivity (Wildman–Crippen MR) is 96.3 cm³/mol. The van der Waals surface area contributed by atoms with Crippen molar-refractivity contribution < 1.29 is 13.2 Å². The van der Waals surface area contributed by atoms with Gasteiger partial charge in [0.15, 0.2) is 0 Å². The number of benzene rings is 2. The van der Waals surface area contributed by atoms with Crippen LogP contribution in [-0.4, -0.2) is 47.0 Å². The monoisotopic (exact) mass is 357 g/mol. The highest BCUT2D eigenvalue weighted by molar-refractivity contribution is 7.91. The summed E-state index contributed by atoms with van der Waals surface area (Å²) >= 11 is 0. The van der Waals surface area contributed by atoms with Crippen LogP contribution >= 0.6 is 0 Å². The Kier molecular flexibility index (Phi) is 4.09. The highest BCUT2D eigenvalue weighted by atomic mass is 32.2. The van der Waals surface area contributed by atoms with Crippen molar-refractivity contribution >= 4 is 21.4 Å². The van der Waals surface area contributed by atoms with E-state index in [0.717, 1.165) is 24.6 Å². The highest BCUT2D eigenvalue weighted by Crippen LogP contribution is 2.35. The molecule has 2 aromatic carbocycles. The summed E-state index contributed by atoms with van der Waals surface area (Å²) in [5.74, 6) is 1.64. The molecule has 2 aliphatic rings. The maximum absolute atomic E-state index is 12.9. The van der Waals surface area contributed by atoms with Crippen LogP contribution in [0.3, 0.4) is 0 Å². The molecule has 0 aromatic heterocycles. The molecule has 2 heterocycles. The molecule has 25 heavy (non-hydrogen) atoms. The molecule has 0 saturated heterocycles. The first-order valence-electron chi connectivity index (χ1n) is 8.24. The number of hydrogen-bond acceptors (Lipinski definition) is 6. The van der Waals surface area contributed by atoms with Gasteiger partial charge in [-0.3, -0.25) is 4.99 Å². The maximum atomic E-state index is 12.9. The second-order valence-electron chi connectivity index (χ2n) is 5.97. The fourth-order valence-electron chi connectivity index (χ4n) is 3.05. The van der Waals surface area contributed by atoms with Crippen molar-refractivity contribution in [2.24, 2.45) is 4.99 Å². The maximum Gasteiger partial charge on any atom is 0.206 e. The van der Waals surface area contributed by atoms with Crippen molar-refractivity contribution in [2.75, 3.05) is 37.7 Å². The lowest BCUT2D eigenvalue weighted by atomic mass is 10.2. The number of nitrogens with zero attached hydrogens (tertiary/aromatic N) is 2. The first-order valence-corrected chi connectivity index (χ1v) is 9.72. The van der Waals surface area contributed by atoms with Crippen LogP contribution in [0.15, 0.2) is 63.3 Å². The van der Waals surface area contributed by atoms with E-state index in [1.54, 1.807) is 48.5 Å². The lowest BCUT2D eigenvalue weighted by Gasteiger charge is -2.31. The summed E-state index contributed by atoms with van der Waals surface area (Å²) in [6.45, 7) is 3.54. The molecule has 0 radical (unpaired) electrons. The molecule has 1 N–H and O–H groups in total. The summed E-state index contributed by atoms with van der Waals surface area (Å²) in [4.78, 5) is 7.10. The third-order valence-corrected chi connectivity index (χ3v) is 6.11.